The van der Waals surface area contributed by atoms with Gasteiger partial charge in [-0.1, -0.05) is 24.6 Å². The zero-order valence-electron chi connectivity index (χ0n) is 9.71. The second-order valence-electron chi connectivity index (χ2n) is 4.55. The van der Waals surface area contributed by atoms with Crippen LogP contribution in [0.4, 0.5) is 0 Å². The summed E-state index contributed by atoms with van der Waals surface area (Å²) in [6.07, 6.45) is 1.21. The zero-order valence-corrected chi connectivity index (χ0v) is 9.71. The molecular weight excluding hydrogens is 186 g/mol. The predicted molar refractivity (Wildman–Crippen MR) is 62.3 cm³/mol. The first kappa shape index (κ1) is 10.5. The van der Waals surface area contributed by atoms with Crippen LogP contribution in [0.15, 0.2) is 18.2 Å². The summed E-state index contributed by atoms with van der Waals surface area (Å²) in [5.41, 5.74) is 2.61. The Labute approximate surface area is 91.6 Å². The SMILES string of the molecule is COc1ccc(C)cc1[C@@H]1C[C@@H](C)CN1. The highest BCUT2D eigenvalue weighted by molar-refractivity contribution is 5.39. The van der Waals surface area contributed by atoms with Crippen LogP contribution in [0.3, 0.4) is 0 Å². The van der Waals surface area contributed by atoms with Gasteiger partial charge >= 0.3 is 0 Å². The fourth-order valence-corrected chi connectivity index (χ4v) is 2.28. The molecule has 2 atom stereocenters. The molecule has 1 heterocycles. The first-order valence-corrected chi connectivity index (χ1v) is 5.58. The lowest BCUT2D eigenvalue weighted by Gasteiger charge is -2.15. The molecule has 1 aromatic carbocycles. The molecular formula is C13H19NO. The van der Waals surface area contributed by atoms with E-state index in [9.17, 15) is 0 Å². The van der Waals surface area contributed by atoms with Gasteiger partial charge in [-0.25, -0.2) is 0 Å². The molecule has 0 amide bonds. The summed E-state index contributed by atoms with van der Waals surface area (Å²) in [7, 11) is 1.74. The van der Waals surface area contributed by atoms with E-state index in [0.29, 0.717) is 6.04 Å². The summed E-state index contributed by atoms with van der Waals surface area (Å²) in [4.78, 5) is 0. The summed E-state index contributed by atoms with van der Waals surface area (Å²) in [6.45, 7) is 5.53. The van der Waals surface area contributed by atoms with E-state index in [0.717, 1.165) is 18.2 Å². The molecule has 1 N–H and O–H groups in total. The molecule has 1 saturated heterocycles. The second-order valence-corrected chi connectivity index (χ2v) is 4.55. The van der Waals surface area contributed by atoms with Crippen LogP contribution in [0, 0.1) is 12.8 Å². The van der Waals surface area contributed by atoms with Crippen molar-refractivity contribution in [1.29, 1.82) is 0 Å². The number of aryl methyl sites for hydroxylation is 1. The van der Waals surface area contributed by atoms with E-state index in [4.69, 9.17) is 4.74 Å². The first-order chi connectivity index (χ1) is 7.20. The fourth-order valence-electron chi connectivity index (χ4n) is 2.28. The molecule has 2 heteroatoms. The zero-order chi connectivity index (χ0) is 10.8. The van der Waals surface area contributed by atoms with E-state index in [2.05, 4.69) is 37.4 Å². The van der Waals surface area contributed by atoms with Crippen molar-refractivity contribution in [1.82, 2.24) is 5.32 Å². The Bertz CT molecular complexity index is 348. The van der Waals surface area contributed by atoms with Crippen molar-refractivity contribution in [2.45, 2.75) is 26.3 Å². The molecule has 0 aromatic heterocycles. The molecule has 0 spiro atoms. The van der Waals surface area contributed by atoms with Gasteiger partial charge in [0.15, 0.2) is 0 Å². The van der Waals surface area contributed by atoms with Crippen molar-refractivity contribution in [2.24, 2.45) is 5.92 Å². The van der Waals surface area contributed by atoms with E-state index in [1.165, 1.54) is 17.5 Å². The minimum Gasteiger partial charge on any atom is -0.496 e. The molecule has 15 heavy (non-hydrogen) atoms. The molecule has 2 nitrogen and oxygen atoms in total. The van der Waals surface area contributed by atoms with Gasteiger partial charge in [-0.2, -0.15) is 0 Å². The van der Waals surface area contributed by atoms with Gasteiger partial charge in [0.2, 0.25) is 0 Å². The smallest absolute Gasteiger partial charge is 0.123 e. The van der Waals surface area contributed by atoms with Crippen LogP contribution in [0.1, 0.15) is 30.5 Å². The number of benzene rings is 1. The van der Waals surface area contributed by atoms with Gasteiger partial charge in [0.05, 0.1) is 7.11 Å². The summed E-state index contributed by atoms with van der Waals surface area (Å²) in [6, 6.07) is 6.86. The van der Waals surface area contributed by atoms with Gasteiger partial charge in [-0.3, -0.25) is 0 Å². The van der Waals surface area contributed by atoms with E-state index in [1.54, 1.807) is 7.11 Å². The van der Waals surface area contributed by atoms with Crippen LogP contribution < -0.4 is 10.1 Å². The third-order valence-corrected chi connectivity index (χ3v) is 3.11. The van der Waals surface area contributed by atoms with Gasteiger partial charge in [0.1, 0.15) is 5.75 Å². The maximum absolute atomic E-state index is 5.41. The number of hydrogen-bond donors (Lipinski definition) is 1. The van der Waals surface area contributed by atoms with Gasteiger partial charge in [-0.05, 0) is 31.9 Å². The Morgan fingerprint density at radius 2 is 2.20 bits per heavy atom. The van der Waals surface area contributed by atoms with Crippen LogP contribution in [-0.4, -0.2) is 13.7 Å². The largest absolute Gasteiger partial charge is 0.496 e. The Balaban J connectivity index is 2.29. The summed E-state index contributed by atoms with van der Waals surface area (Å²) < 4.78 is 5.41. The fraction of sp³-hybridized carbons (Fsp3) is 0.538. The summed E-state index contributed by atoms with van der Waals surface area (Å²) >= 11 is 0. The highest BCUT2D eigenvalue weighted by Gasteiger charge is 2.24. The standard InChI is InChI=1S/C13H19NO/c1-9-4-5-13(15-3)11(6-9)12-7-10(2)8-14-12/h4-6,10,12,14H,7-8H2,1-3H3/t10-,12+/m1/s1. The van der Waals surface area contributed by atoms with Crippen LogP contribution in [0.25, 0.3) is 0 Å². The van der Waals surface area contributed by atoms with Gasteiger partial charge in [0.25, 0.3) is 0 Å². The topological polar surface area (TPSA) is 21.3 Å². The molecule has 0 radical (unpaired) electrons. The van der Waals surface area contributed by atoms with Crippen LogP contribution in [0.5, 0.6) is 5.75 Å². The van der Waals surface area contributed by atoms with E-state index in [-0.39, 0.29) is 0 Å². The molecule has 1 fully saturated rings. The third-order valence-electron chi connectivity index (χ3n) is 3.11. The maximum Gasteiger partial charge on any atom is 0.123 e. The van der Waals surface area contributed by atoms with Crippen molar-refractivity contribution in [3.8, 4) is 5.75 Å². The molecule has 1 aliphatic heterocycles. The summed E-state index contributed by atoms with van der Waals surface area (Å²) in [5, 5.41) is 3.54. The van der Waals surface area contributed by atoms with Crippen molar-refractivity contribution in [3.05, 3.63) is 29.3 Å². The lowest BCUT2D eigenvalue weighted by molar-refractivity contribution is 0.402. The minimum absolute atomic E-state index is 0.467. The molecule has 2 rings (SSSR count). The number of hydrogen-bond acceptors (Lipinski definition) is 2. The van der Waals surface area contributed by atoms with Gasteiger partial charge in [0, 0.05) is 11.6 Å². The van der Waals surface area contributed by atoms with E-state index in [1.807, 2.05) is 0 Å². The maximum atomic E-state index is 5.41. The Morgan fingerprint density at radius 3 is 2.80 bits per heavy atom. The number of rotatable bonds is 2. The molecule has 0 unspecified atom stereocenters. The van der Waals surface area contributed by atoms with Crippen LogP contribution in [-0.2, 0) is 0 Å². The van der Waals surface area contributed by atoms with Crippen molar-refractivity contribution < 1.29 is 4.74 Å². The third kappa shape index (κ3) is 2.15. The van der Waals surface area contributed by atoms with Gasteiger partial charge in [-0.15, -0.1) is 0 Å². The number of nitrogens with one attached hydrogen (secondary N) is 1. The van der Waals surface area contributed by atoms with Crippen molar-refractivity contribution in [2.75, 3.05) is 13.7 Å². The minimum atomic E-state index is 0.467. The number of methoxy groups -OCH3 is 1. The highest BCUT2D eigenvalue weighted by Crippen LogP contribution is 2.33. The predicted octanol–water partition coefficient (Wildman–Crippen LogP) is 2.67. The molecule has 0 aliphatic carbocycles. The average Bonchev–Trinajstić information content (AvgIpc) is 2.65. The first-order valence-electron chi connectivity index (χ1n) is 5.58. The summed E-state index contributed by atoms with van der Waals surface area (Å²) in [5.74, 6) is 1.77. The van der Waals surface area contributed by atoms with Crippen LogP contribution >= 0.6 is 0 Å². The Hall–Kier alpha value is -1.02. The Kier molecular flexibility index (Phi) is 2.96. The van der Waals surface area contributed by atoms with Gasteiger partial charge < -0.3 is 10.1 Å². The van der Waals surface area contributed by atoms with E-state index >= 15 is 0 Å². The van der Waals surface area contributed by atoms with Crippen molar-refractivity contribution in [3.63, 3.8) is 0 Å². The lowest BCUT2D eigenvalue weighted by atomic mass is 9.99. The van der Waals surface area contributed by atoms with Crippen LogP contribution in [0.2, 0.25) is 0 Å². The average molecular weight is 205 g/mol. The number of ether oxygens (including phenoxy) is 1. The normalized spacial score (nSPS) is 25.5. The van der Waals surface area contributed by atoms with E-state index < -0.39 is 0 Å². The lowest BCUT2D eigenvalue weighted by Crippen LogP contribution is -2.14. The highest BCUT2D eigenvalue weighted by atomic mass is 16.5. The molecule has 0 bridgehead atoms. The molecule has 1 aromatic rings. The monoisotopic (exact) mass is 205 g/mol. The molecule has 82 valence electrons. The molecule has 1 aliphatic rings. The van der Waals surface area contributed by atoms with Crippen molar-refractivity contribution >= 4 is 0 Å². The molecule has 0 saturated carbocycles. The Morgan fingerprint density at radius 1 is 1.40 bits per heavy atom. The quantitative estimate of drug-likeness (QED) is 0.801. The second kappa shape index (κ2) is 4.23.